The van der Waals surface area contributed by atoms with Gasteiger partial charge in [-0.2, -0.15) is 13.2 Å². The highest BCUT2D eigenvalue weighted by Crippen LogP contribution is 2.39. The van der Waals surface area contributed by atoms with Gasteiger partial charge in [0, 0.05) is 45.1 Å². The largest absolute Gasteiger partial charge is 0.416 e. The Balaban J connectivity index is 1.61. The predicted octanol–water partition coefficient (Wildman–Crippen LogP) is 4.85. The van der Waals surface area contributed by atoms with Crippen molar-refractivity contribution < 1.29 is 22.4 Å². The van der Waals surface area contributed by atoms with E-state index < -0.39 is 23.0 Å². The Labute approximate surface area is 220 Å². The van der Waals surface area contributed by atoms with Gasteiger partial charge in [0.2, 0.25) is 5.91 Å². The summed E-state index contributed by atoms with van der Waals surface area (Å²) in [5.41, 5.74) is 0.662. The van der Waals surface area contributed by atoms with Gasteiger partial charge in [-0.05, 0) is 75.8 Å². The molecule has 204 valence electrons. The number of anilines is 1. The number of amides is 1. The molecule has 0 bridgehead atoms. The zero-order chi connectivity index (χ0) is 27.7. The van der Waals surface area contributed by atoms with Crippen molar-refractivity contribution in [1.29, 1.82) is 0 Å². The van der Waals surface area contributed by atoms with Crippen LogP contribution in [-0.4, -0.2) is 60.1 Å². The first-order valence-corrected chi connectivity index (χ1v) is 12.6. The molecule has 0 spiro atoms. The van der Waals surface area contributed by atoms with Crippen molar-refractivity contribution in [2.75, 3.05) is 38.6 Å². The van der Waals surface area contributed by atoms with Gasteiger partial charge in [-0.15, -0.1) is 0 Å². The van der Waals surface area contributed by atoms with Crippen LogP contribution in [0.1, 0.15) is 30.9 Å². The zero-order valence-corrected chi connectivity index (χ0v) is 22.0. The number of aromatic nitrogens is 2. The first-order valence-electron chi connectivity index (χ1n) is 12.6. The number of piperidine rings is 1. The molecule has 1 aromatic carbocycles. The Bertz CT molecular complexity index is 1260. The molecule has 6 nitrogen and oxygen atoms in total. The van der Waals surface area contributed by atoms with Crippen molar-refractivity contribution >= 4 is 11.6 Å². The predicted molar refractivity (Wildman–Crippen MR) is 139 cm³/mol. The zero-order valence-electron chi connectivity index (χ0n) is 22.0. The molecule has 1 fully saturated rings. The standard InChI is InChI=1S/C28H33F4N5O/c1-19(18-35(2)3)34-26(38)27(21-7-9-23(33-17-21)25-6-5-13-36(25)4)11-14-37(15-12-27)24-10-8-20(16-22(24)29)28(30,31)32/h5-10,13,16-17,19H,11-12,14-15,18H2,1-4H3,(H,34,38)/t19-/m0/s1. The van der Waals surface area contributed by atoms with Crippen LogP contribution in [0, 0.1) is 5.82 Å². The fourth-order valence-electron chi connectivity index (χ4n) is 5.23. The number of nitrogens with one attached hydrogen (secondary N) is 1. The number of hydrogen-bond donors (Lipinski definition) is 1. The molecule has 10 heteroatoms. The lowest BCUT2D eigenvalue weighted by Crippen LogP contribution is -2.54. The Morgan fingerprint density at radius 2 is 1.87 bits per heavy atom. The lowest BCUT2D eigenvalue weighted by Gasteiger charge is -2.42. The number of halogens is 4. The van der Waals surface area contributed by atoms with E-state index in [2.05, 4.69) is 10.3 Å². The van der Waals surface area contributed by atoms with E-state index in [-0.39, 0.29) is 17.6 Å². The number of carbonyl (C=O) groups is 1. The Hall–Kier alpha value is -3.40. The molecule has 0 aliphatic carbocycles. The number of hydrogen-bond acceptors (Lipinski definition) is 4. The normalized spacial score (nSPS) is 16.5. The van der Waals surface area contributed by atoms with E-state index in [4.69, 9.17) is 0 Å². The van der Waals surface area contributed by atoms with Gasteiger partial charge >= 0.3 is 6.18 Å². The van der Waals surface area contributed by atoms with E-state index in [1.807, 2.05) is 68.0 Å². The number of alkyl halides is 3. The van der Waals surface area contributed by atoms with E-state index in [1.54, 1.807) is 11.1 Å². The third kappa shape index (κ3) is 5.70. The second kappa shape index (κ2) is 10.8. The smallest absolute Gasteiger partial charge is 0.369 e. The molecule has 0 unspecified atom stereocenters. The van der Waals surface area contributed by atoms with E-state index >= 15 is 0 Å². The molecule has 1 aliphatic rings. The summed E-state index contributed by atoms with van der Waals surface area (Å²) < 4.78 is 55.7. The quantitative estimate of drug-likeness (QED) is 0.443. The average molecular weight is 532 g/mol. The van der Waals surface area contributed by atoms with Gasteiger partial charge in [-0.25, -0.2) is 4.39 Å². The number of likely N-dealkylation sites (N-methyl/N-ethyl adjacent to an activating group) is 1. The van der Waals surface area contributed by atoms with Crippen LogP contribution in [0.5, 0.6) is 0 Å². The van der Waals surface area contributed by atoms with Crippen molar-refractivity contribution in [3.8, 4) is 11.4 Å². The Morgan fingerprint density at radius 3 is 2.39 bits per heavy atom. The molecule has 1 aliphatic heterocycles. The number of aryl methyl sites for hydroxylation is 1. The van der Waals surface area contributed by atoms with E-state index in [1.165, 1.54) is 6.07 Å². The Morgan fingerprint density at radius 1 is 1.16 bits per heavy atom. The molecular weight excluding hydrogens is 498 g/mol. The molecule has 4 rings (SSSR count). The van der Waals surface area contributed by atoms with E-state index in [0.29, 0.717) is 38.5 Å². The van der Waals surface area contributed by atoms with Crippen LogP contribution in [-0.2, 0) is 23.4 Å². The van der Waals surface area contributed by atoms with Crippen molar-refractivity contribution in [3.05, 3.63) is 71.8 Å². The first-order chi connectivity index (χ1) is 17.9. The molecule has 3 aromatic rings. The van der Waals surface area contributed by atoms with Crippen LogP contribution in [0.2, 0.25) is 0 Å². The second-order valence-corrected chi connectivity index (χ2v) is 10.3. The summed E-state index contributed by atoms with van der Waals surface area (Å²) in [4.78, 5) is 22.1. The van der Waals surface area contributed by atoms with Gasteiger partial charge < -0.3 is 19.7 Å². The van der Waals surface area contributed by atoms with Crippen molar-refractivity contribution in [2.45, 2.75) is 37.4 Å². The van der Waals surface area contributed by atoms with Crippen LogP contribution in [0.4, 0.5) is 23.2 Å². The second-order valence-electron chi connectivity index (χ2n) is 10.3. The molecule has 0 saturated carbocycles. The topological polar surface area (TPSA) is 53.4 Å². The van der Waals surface area contributed by atoms with Crippen molar-refractivity contribution in [3.63, 3.8) is 0 Å². The highest BCUT2D eigenvalue weighted by molar-refractivity contribution is 5.89. The summed E-state index contributed by atoms with van der Waals surface area (Å²) in [6.45, 7) is 3.21. The van der Waals surface area contributed by atoms with Gasteiger partial charge in [0.1, 0.15) is 5.82 Å². The van der Waals surface area contributed by atoms with E-state index in [9.17, 15) is 22.4 Å². The molecule has 1 amide bonds. The van der Waals surface area contributed by atoms with Gasteiger partial charge in [0.15, 0.2) is 0 Å². The van der Waals surface area contributed by atoms with Gasteiger partial charge in [0.05, 0.1) is 28.1 Å². The molecular formula is C28H33F4N5O. The third-order valence-corrected chi connectivity index (χ3v) is 7.21. The highest BCUT2D eigenvalue weighted by Gasteiger charge is 2.44. The number of benzene rings is 1. The number of carbonyl (C=O) groups excluding carboxylic acids is 1. The van der Waals surface area contributed by atoms with Crippen LogP contribution >= 0.6 is 0 Å². The van der Waals surface area contributed by atoms with Crippen LogP contribution in [0.3, 0.4) is 0 Å². The molecule has 0 radical (unpaired) electrons. The molecule has 2 aromatic heterocycles. The summed E-state index contributed by atoms with van der Waals surface area (Å²) in [7, 11) is 5.80. The summed E-state index contributed by atoms with van der Waals surface area (Å²) in [6, 6.07) is 10.2. The highest BCUT2D eigenvalue weighted by atomic mass is 19.4. The number of nitrogens with zero attached hydrogens (tertiary/aromatic N) is 4. The number of rotatable bonds is 7. The van der Waals surface area contributed by atoms with Crippen LogP contribution < -0.4 is 10.2 Å². The fraction of sp³-hybridized carbons (Fsp3) is 0.429. The molecule has 1 atom stereocenters. The van der Waals surface area contributed by atoms with E-state index in [0.717, 1.165) is 23.0 Å². The fourth-order valence-corrected chi connectivity index (χ4v) is 5.23. The minimum atomic E-state index is -4.61. The lowest BCUT2D eigenvalue weighted by atomic mass is 9.72. The number of pyridine rings is 1. The molecule has 1 saturated heterocycles. The van der Waals surface area contributed by atoms with Gasteiger partial charge in [-0.1, -0.05) is 6.07 Å². The van der Waals surface area contributed by atoms with Gasteiger partial charge in [-0.3, -0.25) is 9.78 Å². The molecule has 3 heterocycles. The maximum absolute atomic E-state index is 14.7. The Kier molecular flexibility index (Phi) is 7.83. The minimum Gasteiger partial charge on any atom is -0.369 e. The minimum absolute atomic E-state index is 0.102. The SMILES string of the molecule is C[C@@H](CN(C)C)NC(=O)C1(c2ccc(-c3cccn3C)nc2)CCN(c2ccc(C(F)(F)F)cc2F)CC1. The third-order valence-electron chi connectivity index (χ3n) is 7.21. The first kappa shape index (κ1) is 27.6. The summed E-state index contributed by atoms with van der Waals surface area (Å²) in [5, 5.41) is 3.13. The lowest BCUT2D eigenvalue weighted by molar-refractivity contribution is -0.137. The summed E-state index contributed by atoms with van der Waals surface area (Å²) in [5.74, 6) is -1.06. The monoisotopic (exact) mass is 531 g/mol. The van der Waals surface area contributed by atoms with Crippen molar-refractivity contribution in [1.82, 2.24) is 19.8 Å². The van der Waals surface area contributed by atoms with Gasteiger partial charge in [0.25, 0.3) is 0 Å². The van der Waals surface area contributed by atoms with Crippen LogP contribution in [0.15, 0.2) is 54.9 Å². The maximum atomic E-state index is 14.7. The molecule has 38 heavy (non-hydrogen) atoms. The summed E-state index contributed by atoms with van der Waals surface area (Å²) in [6.07, 6.45) is -0.232. The molecule has 1 N–H and O–H groups in total. The maximum Gasteiger partial charge on any atom is 0.416 e. The van der Waals surface area contributed by atoms with Crippen LogP contribution in [0.25, 0.3) is 11.4 Å². The average Bonchev–Trinajstić information content (AvgIpc) is 3.29. The summed E-state index contributed by atoms with van der Waals surface area (Å²) >= 11 is 0. The van der Waals surface area contributed by atoms with Crippen molar-refractivity contribution in [2.24, 2.45) is 7.05 Å².